The van der Waals surface area contributed by atoms with Crippen LogP contribution in [0, 0.1) is 0 Å². The van der Waals surface area contributed by atoms with Gasteiger partial charge in [-0.3, -0.25) is 9.89 Å². The van der Waals surface area contributed by atoms with E-state index in [2.05, 4.69) is 23.9 Å². The number of aromatic nitrogens is 3. The molecule has 0 saturated heterocycles. The summed E-state index contributed by atoms with van der Waals surface area (Å²) in [6, 6.07) is 9.23. The van der Waals surface area contributed by atoms with Gasteiger partial charge in [0.05, 0.1) is 5.69 Å². The van der Waals surface area contributed by atoms with Crippen molar-refractivity contribution in [1.82, 2.24) is 14.6 Å². The normalized spacial score (nSPS) is 12.1. The lowest BCUT2D eigenvalue weighted by atomic mass is 10.1. The topological polar surface area (TPSA) is 59.4 Å². The molecule has 5 nitrogen and oxygen atoms in total. The molecule has 24 heavy (non-hydrogen) atoms. The third kappa shape index (κ3) is 3.20. The van der Waals surface area contributed by atoms with Gasteiger partial charge in [-0.2, -0.15) is 0 Å². The van der Waals surface area contributed by atoms with Crippen molar-refractivity contribution in [1.29, 1.82) is 0 Å². The van der Waals surface area contributed by atoms with Gasteiger partial charge in [-0.1, -0.05) is 13.8 Å². The second-order valence-electron chi connectivity index (χ2n) is 7.26. The maximum Gasteiger partial charge on any atom is 0.273 e. The monoisotopic (exact) mass is 325 g/mol. The van der Waals surface area contributed by atoms with Crippen LogP contribution in [0.2, 0.25) is 0 Å². The number of nitrogens with zero attached hydrogens (tertiary/aromatic N) is 2. The largest absolute Gasteiger partial charge is 0.488 e. The third-order valence-corrected chi connectivity index (χ3v) is 3.72. The van der Waals surface area contributed by atoms with E-state index in [0.29, 0.717) is 11.3 Å². The zero-order valence-electron chi connectivity index (χ0n) is 14.8. The minimum atomic E-state index is -0.241. The van der Waals surface area contributed by atoms with Crippen molar-refractivity contribution in [3.8, 4) is 17.0 Å². The average molecular weight is 325 g/mol. The zero-order valence-corrected chi connectivity index (χ0v) is 14.8. The fraction of sp³-hybridized carbons (Fsp3) is 0.368. The van der Waals surface area contributed by atoms with Gasteiger partial charge in [0.2, 0.25) is 0 Å². The molecule has 2 aromatic heterocycles. The molecule has 0 saturated carbocycles. The standard InChI is InChI=1S/C19H23N3O2/c1-12(2)15-11-20-22-17(23)10-16(21-18(15)22)13-6-8-14(9-7-13)24-19(3,4)5/h6-12,20H,1-5H3. The lowest BCUT2D eigenvalue weighted by Crippen LogP contribution is -2.22. The summed E-state index contributed by atoms with van der Waals surface area (Å²) in [5.41, 5.74) is 2.92. The maximum absolute atomic E-state index is 12.3. The highest BCUT2D eigenvalue weighted by Gasteiger charge is 2.14. The SMILES string of the molecule is CC(C)c1c[nH]n2c(=O)cc(-c3ccc(OC(C)(C)C)cc3)nc12. The number of aromatic amines is 1. The van der Waals surface area contributed by atoms with Crippen molar-refractivity contribution in [3.63, 3.8) is 0 Å². The molecule has 0 fully saturated rings. The second-order valence-corrected chi connectivity index (χ2v) is 7.26. The van der Waals surface area contributed by atoms with Crippen LogP contribution >= 0.6 is 0 Å². The molecular formula is C19H23N3O2. The van der Waals surface area contributed by atoms with E-state index in [1.165, 1.54) is 4.52 Å². The van der Waals surface area contributed by atoms with Crippen LogP contribution in [0.4, 0.5) is 0 Å². The molecule has 0 aliphatic rings. The predicted molar refractivity (Wildman–Crippen MR) is 95.7 cm³/mol. The van der Waals surface area contributed by atoms with E-state index in [9.17, 15) is 4.79 Å². The van der Waals surface area contributed by atoms with Crippen LogP contribution in [-0.4, -0.2) is 20.2 Å². The Morgan fingerprint density at radius 3 is 2.42 bits per heavy atom. The number of benzene rings is 1. The highest BCUT2D eigenvalue weighted by atomic mass is 16.5. The molecule has 0 aliphatic carbocycles. The van der Waals surface area contributed by atoms with Gasteiger partial charge < -0.3 is 4.74 Å². The number of rotatable bonds is 3. The number of fused-ring (bicyclic) bond motifs is 1. The molecule has 0 spiro atoms. The van der Waals surface area contributed by atoms with Crippen LogP contribution in [0.3, 0.4) is 0 Å². The van der Waals surface area contributed by atoms with Gasteiger partial charge >= 0.3 is 0 Å². The molecule has 0 aliphatic heterocycles. The Bertz CT molecular complexity index is 912. The van der Waals surface area contributed by atoms with Crippen molar-refractivity contribution in [2.45, 2.75) is 46.1 Å². The van der Waals surface area contributed by atoms with E-state index < -0.39 is 0 Å². The first-order valence-corrected chi connectivity index (χ1v) is 8.15. The molecule has 3 rings (SSSR count). The molecule has 1 N–H and O–H groups in total. The predicted octanol–water partition coefficient (Wildman–Crippen LogP) is 3.99. The quantitative estimate of drug-likeness (QED) is 0.792. The zero-order chi connectivity index (χ0) is 17.5. The summed E-state index contributed by atoms with van der Waals surface area (Å²) in [5, 5.41) is 2.97. The fourth-order valence-electron chi connectivity index (χ4n) is 2.62. The van der Waals surface area contributed by atoms with Crippen molar-refractivity contribution in [2.24, 2.45) is 0 Å². The van der Waals surface area contributed by atoms with Gasteiger partial charge in [0.1, 0.15) is 11.4 Å². The number of nitrogens with one attached hydrogen (secondary N) is 1. The van der Waals surface area contributed by atoms with Crippen LogP contribution in [0.15, 0.2) is 41.3 Å². The highest BCUT2D eigenvalue weighted by Crippen LogP contribution is 2.24. The average Bonchev–Trinajstić information content (AvgIpc) is 2.91. The van der Waals surface area contributed by atoms with Crippen LogP contribution in [-0.2, 0) is 0 Å². The van der Waals surface area contributed by atoms with Gasteiger partial charge in [0.25, 0.3) is 5.56 Å². The maximum atomic E-state index is 12.3. The molecular weight excluding hydrogens is 302 g/mol. The molecule has 1 aromatic carbocycles. The number of ether oxygens (including phenoxy) is 1. The van der Waals surface area contributed by atoms with Crippen molar-refractivity contribution < 1.29 is 4.74 Å². The van der Waals surface area contributed by atoms with Gasteiger partial charge in [-0.25, -0.2) is 9.50 Å². The van der Waals surface area contributed by atoms with Crippen molar-refractivity contribution in [2.75, 3.05) is 0 Å². The highest BCUT2D eigenvalue weighted by molar-refractivity contribution is 5.63. The summed E-state index contributed by atoms with van der Waals surface area (Å²) in [6.07, 6.45) is 1.85. The van der Waals surface area contributed by atoms with E-state index in [1.54, 1.807) is 6.07 Å². The van der Waals surface area contributed by atoms with Crippen LogP contribution in [0.1, 0.15) is 46.1 Å². The Balaban J connectivity index is 2.03. The molecule has 0 atom stereocenters. The minimum absolute atomic E-state index is 0.114. The fourth-order valence-corrected chi connectivity index (χ4v) is 2.62. The minimum Gasteiger partial charge on any atom is -0.488 e. The van der Waals surface area contributed by atoms with Gasteiger partial charge in [0.15, 0.2) is 5.65 Å². The van der Waals surface area contributed by atoms with E-state index in [4.69, 9.17) is 4.74 Å². The van der Waals surface area contributed by atoms with Gasteiger partial charge in [-0.05, 0) is 51.0 Å². The summed E-state index contributed by atoms with van der Waals surface area (Å²) in [6.45, 7) is 10.2. The molecule has 5 heteroatoms. The summed E-state index contributed by atoms with van der Waals surface area (Å²) >= 11 is 0. The number of H-pyrrole nitrogens is 1. The Morgan fingerprint density at radius 1 is 1.17 bits per heavy atom. The van der Waals surface area contributed by atoms with Crippen molar-refractivity contribution >= 4 is 5.65 Å². The molecule has 0 radical (unpaired) electrons. The smallest absolute Gasteiger partial charge is 0.273 e. The van der Waals surface area contributed by atoms with Crippen LogP contribution in [0.25, 0.3) is 16.9 Å². The summed E-state index contributed by atoms with van der Waals surface area (Å²) < 4.78 is 7.32. The van der Waals surface area contributed by atoms with Gasteiger partial charge in [-0.15, -0.1) is 0 Å². The lowest BCUT2D eigenvalue weighted by Gasteiger charge is -2.21. The second kappa shape index (κ2) is 5.82. The Kier molecular flexibility index (Phi) is 3.95. The Labute approximate surface area is 141 Å². The number of hydrogen-bond acceptors (Lipinski definition) is 3. The van der Waals surface area contributed by atoms with E-state index >= 15 is 0 Å². The van der Waals surface area contributed by atoms with E-state index in [-0.39, 0.29) is 17.1 Å². The summed E-state index contributed by atoms with van der Waals surface area (Å²) in [5.74, 6) is 1.09. The third-order valence-electron chi connectivity index (χ3n) is 3.72. The number of hydrogen-bond donors (Lipinski definition) is 1. The van der Waals surface area contributed by atoms with E-state index in [0.717, 1.165) is 16.9 Å². The van der Waals surface area contributed by atoms with Crippen LogP contribution < -0.4 is 10.3 Å². The molecule has 2 heterocycles. The Hall–Kier alpha value is -2.56. The molecule has 0 bridgehead atoms. The molecule has 0 unspecified atom stereocenters. The van der Waals surface area contributed by atoms with Crippen molar-refractivity contribution in [3.05, 3.63) is 52.4 Å². The first-order valence-electron chi connectivity index (χ1n) is 8.15. The summed E-state index contributed by atoms with van der Waals surface area (Å²) in [7, 11) is 0. The summed E-state index contributed by atoms with van der Waals surface area (Å²) in [4.78, 5) is 17.0. The van der Waals surface area contributed by atoms with E-state index in [1.807, 2.05) is 51.2 Å². The van der Waals surface area contributed by atoms with Crippen LogP contribution in [0.5, 0.6) is 5.75 Å². The first kappa shape index (κ1) is 16.3. The molecule has 3 aromatic rings. The first-order chi connectivity index (χ1) is 11.2. The van der Waals surface area contributed by atoms with Gasteiger partial charge in [0, 0.05) is 23.4 Å². The molecule has 126 valence electrons. The Morgan fingerprint density at radius 2 is 1.83 bits per heavy atom. The lowest BCUT2D eigenvalue weighted by molar-refractivity contribution is 0.131. The molecule has 0 amide bonds.